The molecule has 1 fully saturated rings. The van der Waals surface area contributed by atoms with Crippen LogP contribution in [0.25, 0.3) is 0 Å². The third kappa shape index (κ3) is 3.28. The van der Waals surface area contributed by atoms with Crippen molar-refractivity contribution in [1.29, 1.82) is 0 Å². The molecule has 1 unspecified atom stereocenters. The normalized spacial score (nSPS) is 26.1. The molecule has 17 heavy (non-hydrogen) atoms. The second-order valence-corrected chi connectivity index (χ2v) is 8.83. The van der Waals surface area contributed by atoms with Gasteiger partial charge in [-0.05, 0) is 47.1 Å². The van der Waals surface area contributed by atoms with Crippen molar-refractivity contribution in [2.24, 2.45) is 0 Å². The summed E-state index contributed by atoms with van der Waals surface area (Å²) in [6, 6.07) is 0. The zero-order chi connectivity index (χ0) is 13.3. The van der Waals surface area contributed by atoms with Crippen molar-refractivity contribution in [3.8, 4) is 0 Å². The Balaban J connectivity index is 2.60. The third-order valence-electron chi connectivity index (χ3n) is 3.52. The predicted molar refractivity (Wildman–Crippen MR) is 68.8 cm³/mol. The Morgan fingerprint density at radius 3 is 2.35 bits per heavy atom. The second kappa shape index (κ2) is 4.69. The Labute approximate surface area is 104 Å². The first-order valence-electron chi connectivity index (χ1n) is 6.09. The summed E-state index contributed by atoms with van der Waals surface area (Å²) in [4.78, 5) is 12.0. The first-order valence-corrected chi connectivity index (χ1v) is 7.74. The lowest BCUT2D eigenvalue weighted by molar-refractivity contribution is -0.123. The van der Waals surface area contributed by atoms with Gasteiger partial charge in [0.25, 0.3) is 0 Å². The van der Waals surface area contributed by atoms with Crippen LogP contribution in [0.5, 0.6) is 0 Å². The van der Waals surface area contributed by atoms with E-state index in [2.05, 4.69) is 5.32 Å². The highest BCUT2D eigenvalue weighted by Gasteiger charge is 2.37. The van der Waals surface area contributed by atoms with E-state index in [0.29, 0.717) is 0 Å². The van der Waals surface area contributed by atoms with Gasteiger partial charge in [-0.1, -0.05) is 0 Å². The minimum Gasteiger partial charge on any atom is -0.305 e. The van der Waals surface area contributed by atoms with Crippen LogP contribution in [-0.4, -0.2) is 36.8 Å². The van der Waals surface area contributed by atoms with E-state index in [-0.39, 0.29) is 18.0 Å². The molecular weight excluding hydrogens is 238 g/mol. The fourth-order valence-corrected chi connectivity index (χ4v) is 3.01. The molecular formula is C12H23NO3S. The van der Waals surface area contributed by atoms with Crippen LogP contribution in [0.15, 0.2) is 0 Å². The zero-order valence-corrected chi connectivity index (χ0v) is 12.0. The summed E-state index contributed by atoms with van der Waals surface area (Å²) in [6.07, 6.45) is 1.90. The molecule has 1 saturated heterocycles. The van der Waals surface area contributed by atoms with Crippen molar-refractivity contribution < 1.29 is 13.2 Å². The summed E-state index contributed by atoms with van der Waals surface area (Å²) < 4.78 is 23.0. The summed E-state index contributed by atoms with van der Waals surface area (Å²) in [5.74, 6) is -0.0325. The summed E-state index contributed by atoms with van der Waals surface area (Å²) >= 11 is 0. The zero-order valence-electron chi connectivity index (χ0n) is 11.2. The number of hydrogen-bond donors (Lipinski definition) is 1. The number of sulfone groups is 1. The summed E-state index contributed by atoms with van der Waals surface area (Å²) in [6.45, 7) is 7.72. The number of nitrogens with one attached hydrogen (secondary N) is 1. The highest BCUT2D eigenvalue weighted by molar-refractivity contribution is 7.92. The van der Waals surface area contributed by atoms with Gasteiger partial charge in [-0.25, -0.2) is 8.42 Å². The van der Waals surface area contributed by atoms with Crippen LogP contribution < -0.4 is 5.32 Å². The van der Waals surface area contributed by atoms with Crippen molar-refractivity contribution >= 4 is 15.6 Å². The molecule has 100 valence electrons. The average molecular weight is 261 g/mol. The van der Waals surface area contributed by atoms with Gasteiger partial charge in [-0.3, -0.25) is 4.79 Å². The third-order valence-corrected chi connectivity index (χ3v) is 6.12. The molecule has 0 aromatic heterocycles. The standard InChI is InChI=1S/C12H23NO3S/c1-11(2,3)17(15,16)9-6-10(14)12(4)7-5-8-13-12/h13H,5-9H2,1-4H3. The van der Waals surface area contributed by atoms with Gasteiger partial charge in [0, 0.05) is 6.42 Å². The molecule has 5 heteroatoms. The highest BCUT2D eigenvalue weighted by atomic mass is 32.2. The van der Waals surface area contributed by atoms with Gasteiger partial charge in [0.1, 0.15) is 0 Å². The van der Waals surface area contributed by atoms with Gasteiger partial charge >= 0.3 is 0 Å². The Hall–Kier alpha value is -0.420. The van der Waals surface area contributed by atoms with E-state index < -0.39 is 20.1 Å². The van der Waals surface area contributed by atoms with E-state index in [4.69, 9.17) is 0 Å². The number of hydrogen-bond acceptors (Lipinski definition) is 4. The molecule has 4 nitrogen and oxygen atoms in total. The predicted octanol–water partition coefficient (Wildman–Crippen LogP) is 1.30. The van der Waals surface area contributed by atoms with Crippen LogP contribution in [0.3, 0.4) is 0 Å². The van der Waals surface area contributed by atoms with Crippen LogP contribution >= 0.6 is 0 Å². The number of ketones is 1. The molecule has 0 radical (unpaired) electrons. The lowest BCUT2D eigenvalue weighted by Gasteiger charge is -2.24. The molecule has 0 aromatic carbocycles. The number of carbonyl (C=O) groups is 1. The quantitative estimate of drug-likeness (QED) is 0.828. The fourth-order valence-electron chi connectivity index (χ4n) is 1.94. The minimum absolute atomic E-state index is 0.0165. The lowest BCUT2D eigenvalue weighted by Crippen LogP contribution is -2.45. The molecule has 1 rings (SSSR count). The molecule has 1 aliphatic heterocycles. The number of rotatable bonds is 4. The molecule has 1 N–H and O–H groups in total. The minimum atomic E-state index is -3.20. The van der Waals surface area contributed by atoms with Crippen molar-refractivity contribution in [2.45, 2.75) is 57.2 Å². The molecule has 1 atom stereocenters. The van der Waals surface area contributed by atoms with E-state index in [1.165, 1.54) is 0 Å². The maximum absolute atomic E-state index is 12.0. The average Bonchev–Trinajstić information content (AvgIpc) is 2.61. The smallest absolute Gasteiger partial charge is 0.155 e. The Morgan fingerprint density at radius 2 is 1.94 bits per heavy atom. The summed E-state index contributed by atoms with van der Waals surface area (Å²) in [5, 5.41) is 3.16. The molecule has 0 saturated carbocycles. The van der Waals surface area contributed by atoms with E-state index >= 15 is 0 Å². The summed E-state index contributed by atoms with van der Waals surface area (Å²) in [7, 11) is -3.20. The van der Waals surface area contributed by atoms with Crippen LogP contribution in [0.2, 0.25) is 0 Å². The molecule has 0 aromatic rings. The number of Topliss-reactive ketones (excluding diaryl/α,β-unsaturated/α-hetero) is 1. The van der Waals surface area contributed by atoms with Gasteiger partial charge in [0.2, 0.25) is 0 Å². The Morgan fingerprint density at radius 1 is 1.35 bits per heavy atom. The molecule has 0 bridgehead atoms. The molecule has 0 aliphatic carbocycles. The van der Waals surface area contributed by atoms with E-state index in [0.717, 1.165) is 19.4 Å². The largest absolute Gasteiger partial charge is 0.305 e. The topological polar surface area (TPSA) is 63.2 Å². The molecule has 0 amide bonds. The van der Waals surface area contributed by atoms with Gasteiger partial charge in [-0.15, -0.1) is 0 Å². The van der Waals surface area contributed by atoms with E-state index in [1.54, 1.807) is 20.8 Å². The molecule has 1 aliphatic rings. The monoisotopic (exact) mass is 261 g/mol. The van der Waals surface area contributed by atoms with Crippen LogP contribution in [0, 0.1) is 0 Å². The van der Waals surface area contributed by atoms with E-state index in [9.17, 15) is 13.2 Å². The van der Waals surface area contributed by atoms with Crippen molar-refractivity contribution in [2.75, 3.05) is 12.3 Å². The van der Waals surface area contributed by atoms with Crippen LogP contribution in [0.1, 0.15) is 47.0 Å². The van der Waals surface area contributed by atoms with E-state index in [1.807, 2.05) is 6.92 Å². The molecule has 0 spiro atoms. The maximum Gasteiger partial charge on any atom is 0.155 e. The lowest BCUT2D eigenvalue weighted by atomic mass is 9.93. The SMILES string of the molecule is CC1(C(=O)CCS(=O)(=O)C(C)(C)C)CCCN1. The Kier molecular flexibility index (Phi) is 4.04. The highest BCUT2D eigenvalue weighted by Crippen LogP contribution is 2.23. The van der Waals surface area contributed by atoms with Gasteiger partial charge in [0.15, 0.2) is 15.6 Å². The number of carbonyl (C=O) groups excluding carboxylic acids is 1. The van der Waals surface area contributed by atoms with Gasteiger partial charge in [-0.2, -0.15) is 0 Å². The van der Waals surface area contributed by atoms with Gasteiger partial charge in [0.05, 0.1) is 16.0 Å². The van der Waals surface area contributed by atoms with Crippen molar-refractivity contribution in [3.05, 3.63) is 0 Å². The van der Waals surface area contributed by atoms with Crippen molar-refractivity contribution in [3.63, 3.8) is 0 Å². The summed E-state index contributed by atoms with van der Waals surface area (Å²) in [5.41, 5.74) is -0.507. The van der Waals surface area contributed by atoms with Crippen LogP contribution in [-0.2, 0) is 14.6 Å². The van der Waals surface area contributed by atoms with Crippen molar-refractivity contribution in [1.82, 2.24) is 5.32 Å². The fraction of sp³-hybridized carbons (Fsp3) is 0.917. The van der Waals surface area contributed by atoms with Gasteiger partial charge < -0.3 is 5.32 Å². The Bertz CT molecular complexity index is 386. The second-order valence-electron chi connectivity index (χ2n) is 5.97. The first-order chi connectivity index (χ1) is 7.58. The van der Waals surface area contributed by atoms with Crippen LogP contribution in [0.4, 0.5) is 0 Å². The first kappa shape index (κ1) is 14.6. The maximum atomic E-state index is 12.0. The molecule has 1 heterocycles.